The number of benzene rings is 1. The number of anilines is 1. The maximum atomic E-state index is 12.5. The van der Waals surface area contributed by atoms with E-state index in [1.807, 2.05) is 0 Å². The predicted octanol–water partition coefficient (Wildman–Crippen LogP) is 3.44. The molecule has 0 amide bonds. The van der Waals surface area contributed by atoms with E-state index >= 15 is 0 Å². The van der Waals surface area contributed by atoms with Crippen LogP contribution in [0.3, 0.4) is 0 Å². The molecule has 0 aromatic heterocycles. The Hall–Kier alpha value is -1.85. The summed E-state index contributed by atoms with van der Waals surface area (Å²) >= 11 is 0. The van der Waals surface area contributed by atoms with Crippen LogP contribution in [0, 0.1) is 6.92 Å². The van der Waals surface area contributed by atoms with Crippen LogP contribution >= 0.6 is 0 Å². The largest absolute Gasteiger partial charge is 0.416 e. The summed E-state index contributed by atoms with van der Waals surface area (Å²) in [6.07, 6.45) is -2.87. The summed E-state index contributed by atoms with van der Waals surface area (Å²) in [6, 6.07) is 3.37. The number of nitrogens with zero attached hydrogens (tertiary/aromatic N) is 3. The average Bonchev–Trinajstić information content (AvgIpc) is 2.25. The average molecular weight is 243 g/mol. The molecule has 1 aromatic carbocycles. The highest BCUT2D eigenvalue weighted by Crippen LogP contribution is 2.32. The predicted molar refractivity (Wildman–Crippen MR) is 62.4 cm³/mol. The van der Waals surface area contributed by atoms with Crippen LogP contribution in [0.25, 0.3) is 0 Å². The molecule has 0 fully saturated rings. The van der Waals surface area contributed by atoms with E-state index in [1.54, 1.807) is 13.8 Å². The number of rotatable bonds is 3. The number of alkyl halides is 3. The number of hydrogen-bond donors (Lipinski definition) is 0. The van der Waals surface area contributed by atoms with Gasteiger partial charge in [-0.15, -0.1) is 0 Å². The van der Waals surface area contributed by atoms with Crippen molar-refractivity contribution < 1.29 is 13.2 Å². The molecule has 0 aliphatic heterocycles. The molecule has 6 heteroatoms. The summed E-state index contributed by atoms with van der Waals surface area (Å²) in [5.74, 6) is 0. The van der Waals surface area contributed by atoms with Crippen LogP contribution in [0.4, 0.5) is 18.9 Å². The van der Waals surface area contributed by atoms with Gasteiger partial charge in [0.25, 0.3) is 0 Å². The zero-order chi connectivity index (χ0) is 13.1. The zero-order valence-corrected chi connectivity index (χ0v) is 9.49. The zero-order valence-electron chi connectivity index (χ0n) is 9.49. The van der Waals surface area contributed by atoms with Gasteiger partial charge in [0, 0.05) is 12.9 Å². The van der Waals surface area contributed by atoms with E-state index < -0.39 is 11.7 Å². The Balaban J connectivity index is 3.17. The van der Waals surface area contributed by atoms with Crippen molar-refractivity contribution in [2.75, 3.05) is 5.12 Å². The van der Waals surface area contributed by atoms with Crippen molar-refractivity contribution in [3.8, 4) is 0 Å². The molecule has 0 unspecified atom stereocenters. The topological polar surface area (TPSA) is 28.0 Å². The fourth-order valence-corrected chi connectivity index (χ4v) is 1.34. The van der Waals surface area contributed by atoms with Gasteiger partial charge in [-0.05, 0) is 37.6 Å². The summed E-state index contributed by atoms with van der Waals surface area (Å²) in [7, 11) is 0. The highest BCUT2D eigenvalue weighted by Gasteiger charge is 2.30. The molecular formula is C11H12F3N3. The molecule has 0 atom stereocenters. The van der Waals surface area contributed by atoms with E-state index in [1.165, 1.54) is 17.4 Å². The molecule has 0 saturated carbocycles. The Morgan fingerprint density at radius 1 is 1.35 bits per heavy atom. The minimum absolute atomic E-state index is 0.429. The standard InChI is InChI=1S/C11H12F3N3/c1-4-16-17(15-3)10-6-5-9(7-8(10)2)11(12,13)14/h4-7H,3H2,1-2H3/b16-4-. The van der Waals surface area contributed by atoms with Crippen molar-refractivity contribution in [1.82, 2.24) is 0 Å². The van der Waals surface area contributed by atoms with E-state index in [2.05, 4.69) is 16.9 Å². The molecule has 1 aromatic rings. The Kier molecular flexibility index (Phi) is 3.88. The van der Waals surface area contributed by atoms with Crippen LogP contribution in [0.2, 0.25) is 0 Å². The third kappa shape index (κ3) is 3.05. The fraction of sp³-hybridized carbons (Fsp3) is 0.273. The number of aryl methyl sites for hydroxylation is 1. The highest BCUT2D eigenvalue weighted by molar-refractivity contribution is 5.60. The van der Waals surface area contributed by atoms with Gasteiger partial charge in [0.2, 0.25) is 0 Å². The molecule has 1 rings (SSSR count). The first-order valence-corrected chi connectivity index (χ1v) is 4.83. The van der Waals surface area contributed by atoms with Crippen molar-refractivity contribution >= 4 is 18.6 Å². The van der Waals surface area contributed by atoms with Crippen molar-refractivity contribution in [2.24, 2.45) is 10.2 Å². The van der Waals surface area contributed by atoms with Gasteiger partial charge in [-0.1, -0.05) is 0 Å². The van der Waals surface area contributed by atoms with Gasteiger partial charge >= 0.3 is 6.18 Å². The molecule has 0 aliphatic carbocycles. The molecule has 0 aliphatic rings. The molecule has 17 heavy (non-hydrogen) atoms. The maximum absolute atomic E-state index is 12.5. The third-order valence-electron chi connectivity index (χ3n) is 2.10. The van der Waals surface area contributed by atoms with Crippen LogP contribution in [-0.2, 0) is 6.18 Å². The summed E-state index contributed by atoms with van der Waals surface area (Å²) in [5.41, 5.74) is 0.201. The Morgan fingerprint density at radius 2 is 2.00 bits per heavy atom. The first kappa shape index (κ1) is 13.2. The normalized spacial score (nSPS) is 11.8. The lowest BCUT2D eigenvalue weighted by molar-refractivity contribution is -0.137. The van der Waals surface area contributed by atoms with E-state index in [0.717, 1.165) is 12.1 Å². The second kappa shape index (κ2) is 4.99. The van der Waals surface area contributed by atoms with Crippen LogP contribution in [0.5, 0.6) is 0 Å². The summed E-state index contributed by atoms with van der Waals surface area (Å²) < 4.78 is 37.4. The second-order valence-corrected chi connectivity index (χ2v) is 3.30. The smallest absolute Gasteiger partial charge is 0.167 e. The Morgan fingerprint density at radius 3 is 2.41 bits per heavy atom. The van der Waals surface area contributed by atoms with Crippen LogP contribution in [-0.4, -0.2) is 12.9 Å². The van der Waals surface area contributed by atoms with Gasteiger partial charge in [-0.3, -0.25) is 0 Å². The van der Waals surface area contributed by atoms with E-state index in [0.29, 0.717) is 11.3 Å². The summed E-state index contributed by atoms with van der Waals surface area (Å²) in [6.45, 7) is 6.55. The SMILES string of the molecule is C=NN(/N=C\C)c1ccc(C(F)(F)F)cc1C. The van der Waals surface area contributed by atoms with Crippen molar-refractivity contribution in [3.63, 3.8) is 0 Å². The van der Waals surface area contributed by atoms with Crippen molar-refractivity contribution in [3.05, 3.63) is 29.3 Å². The fourth-order valence-electron chi connectivity index (χ4n) is 1.34. The number of hydrazone groups is 2. The highest BCUT2D eigenvalue weighted by atomic mass is 19.4. The minimum atomic E-state index is -4.34. The van der Waals surface area contributed by atoms with Gasteiger partial charge in [-0.25, -0.2) is 0 Å². The number of halogens is 3. The first-order valence-electron chi connectivity index (χ1n) is 4.83. The number of hydrogen-bond acceptors (Lipinski definition) is 3. The summed E-state index contributed by atoms with van der Waals surface area (Å²) in [4.78, 5) is 0. The van der Waals surface area contributed by atoms with Gasteiger partial charge in [0.1, 0.15) is 0 Å². The lowest BCUT2D eigenvalue weighted by Gasteiger charge is -2.16. The molecular weight excluding hydrogens is 231 g/mol. The molecule has 0 N–H and O–H groups in total. The monoisotopic (exact) mass is 243 g/mol. The van der Waals surface area contributed by atoms with Crippen LogP contribution < -0.4 is 5.12 Å². The van der Waals surface area contributed by atoms with Gasteiger partial charge in [0.05, 0.1) is 11.3 Å². The molecule has 0 heterocycles. The molecule has 0 bridgehead atoms. The molecule has 3 nitrogen and oxygen atoms in total. The van der Waals surface area contributed by atoms with E-state index in [-0.39, 0.29) is 0 Å². The lowest BCUT2D eigenvalue weighted by Crippen LogP contribution is -2.11. The molecule has 0 saturated heterocycles. The quantitative estimate of drug-likeness (QED) is 0.590. The lowest BCUT2D eigenvalue weighted by atomic mass is 10.1. The molecule has 0 spiro atoms. The van der Waals surface area contributed by atoms with Crippen molar-refractivity contribution in [1.29, 1.82) is 0 Å². The molecule has 92 valence electrons. The van der Waals surface area contributed by atoms with Crippen molar-refractivity contribution in [2.45, 2.75) is 20.0 Å². The first-order chi connectivity index (χ1) is 7.90. The second-order valence-electron chi connectivity index (χ2n) is 3.30. The maximum Gasteiger partial charge on any atom is 0.416 e. The van der Waals surface area contributed by atoms with Gasteiger partial charge < -0.3 is 0 Å². The van der Waals surface area contributed by atoms with Gasteiger partial charge in [-0.2, -0.15) is 28.5 Å². The third-order valence-corrected chi connectivity index (χ3v) is 2.10. The van der Waals surface area contributed by atoms with Crippen LogP contribution in [0.15, 0.2) is 28.4 Å². The van der Waals surface area contributed by atoms with Gasteiger partial charge in [0.15, 0.2) is 0 Å². The minimum Gasteiger partial charge on any atom is -0.167 e. The van der Waals surface area contributed by atoms with E-state index in [9.17, 15) is 13.2 Å². The Bertz CT molecular complexity index is 438. The van der Waals surface area contributed by atoms with E-state index in [4.69, 9.17) is 0 Å². The Labute approximate surface area is 97.2 Å². The summed E-state index contributed by atoms with van der Waals surface area (Å²) in [5, 5.41) is 8.64. The molecule has 0 radical (unpaired) electrons. The van der Waals surface area contributed by atoms with Crippen LogP contribution in [0.1, 0.15) is 18.1 Å².